The monoisotopic (exact) mass is 287 g/mol. The zero-order valence-corrected chi connectivity index (χ0v) is 11.4. The largest absolute Gasteiger partial charge is 0.478 e. The molecule has 0 radical (unpaired) electrons. The Kier molecular flexibility index (Phi) is 4.33. The first-order valence-corrected chi connectivity index (χ1v) is 6.34. The molecule has 2 aromatic rings. The minimum Gasteiger partial charge on any atom is -0.478 e. The Morgan fingerprint density at radius 3 is 2.57 bits per heavy atom. The number of carboxylic acid groups (broad SMARTS) is 1. The van der Waals surface area contributed by atoms with Crippen molar-refractivity contribution in [3.05, 3.63) is 65.0 Å². The van der Waals surface area contributed by atoms with E-state index in [-0.39, 0.29) is 17.7 Å². The number of halogens is 1. The van der Waals surface area contributed by atoms with Gasteiger partial charge in [0.2, 0.25) is 5.91 Å². The summed E-state index contributed by atoms with van der Waals surface area (Å²) in [5.41, 5.74) is 1.48. The molecule has 0 bridgehead atoms. The van der Waals surface area contributed by atoms with Crippen LogP contribution in [0.1, 0.15) is 21.5 Å². The van der Waals surface area contributed by atoms with E-state index in [1.54, 1.807) is 25.1 Å². The predicted octanol–water partition coefficient (Wildman–Crippen LogP) is 3.01. The van der Waals surface area contributed by atoms with Crippen LogP contribution in [0.5, 0.6) is 0 Å². The number of carbonyl (C=O) groups excluding carboxylic acids is 1. The number of nitrogens with one attached hydrogen (secondary N) is 1. The fourth-order valence-corrected chi connectivity index (χ4v) is 2.03. The maximum absolute atomic E-state index is 13.1. The maximum atomic E-state index is 13.1. The first-order chi connectivity index (χ1) is 9.97. The molecule has 2 N–H and O–H groups in total. The zero-order valence-electron chi connectivity index (χ0n) is 11.4. The average Bonchev–Trinajstić information content (AvgIpc) is 2.40. The quantitative estimate of drug-likeness (QED) is 0.908. The predicted molar refractivity (Wildman–Crippen MR) is 76.9 cm³/mol. The lowest BCUT2D eigenvalue weighted by Crippen LogP contribution is -2.17. The molecule has 0 aliphatic rings. The van der Waals surface area contributed by atoms with Gasteiger partial charge in [0, 0.05) is 0 Å². The third-order valence-corrected chi connectivity index (χ3v) is 3.02. The lowest BCUT2D eigenvalue weighted by Gasteiger charge is -2.11. The zero-order chi connectivity index (χ0) is 15.4. The van der Waals surface area contributed by atoms with Gasteiger partial charge in [0.25, 0.3) is 0 Å². The Morgan fingerprint density at radius 2 is 1.90 bits per heavy atom. The average molecular weight is 287 g/mol. The third kappa shape index (κ3) is 3.66. The van der Waals surface area contributed by atoms with Gasteiger partial charge in [-0.05, 0) is 36.2 Å². The molecule has 0 aliphatic heterocycles. The van der Waals surface area contributed by atoms with Crippen LogP contribution >= 0.6 is 0 Å². The van der Waals surface area contributed by atoms with Crippen LogP contribution in [0.3, 0.4) is 0 Å². The molecular weight excluding hydrogens is 273 g/mol. The van der Waals surface area contributed by atoms with Crippen LogP contribution in [0.4, 0.5) is 10.1 Å². The molecule has 1 amide bonds. The molecule has 0 fully saturated rings. The summed E-state index contributed by atoms with van der Waals surface area (Å²) in [5.74, 6) is -1.92. The van der Waals surface area contributed by atoms with Crippen molar-refractivity contribution in [1.29, 1.82) is 0 Å². The van der Waals surface area contributed by atoms with E-state index in [1.165, 1.54) is 24.3 Å². The second-order valence-corrected chi connectivity index (χ2v) is 4.66. The van der Waals surface area contributed by atoms with Gasteiger partial charge in [-0.15, -0.1) is 0 Å². The SMILES string of the molecule is Cc1cccc(C(=O)O)c1NC(=O)Cc1cccc(F)c1. The molecule has 21 heavy (non-hydrogen) atoms. The van der Waals surface area contributed by atoms with Crippen molar-refractivity contribution in [1.82, 2.24) is 0 Å². The number of anilines is 1. The number of hydrogen-bond donors (Lipinski definition) is 2. The van der Waals surface area contributed by atoms with Crippen LogP contribution in [0.2, 0.25) is 0 Å². The third-order valence-electron chi connectivity index (χ3n) is 3.02. The smallest absolute Gasteiger partial charge is 0.337 e. The molecular formula is C16H14FNO3. The van der Waals surface area contributed by atoms with Gasteiger partial charge in [0.15, 0.2) is 0 Å². The summed E-state index contributed by atoms with van der Waals surface area (Å²) >= 11 is 0. The van der Waals surface area contributed by atoms with Crippen molar-refractivity contribution in [3.8, 4) is 0 Å². The maximum Gasteiger partial charge on any atom is 0.337 e. The number of carboxylic acids is 1. The Morgan fingerprint density at radius 1 is 1.19 bits per heavy atom. The molecule has 0 saturated carbocycles. The van der Waals surface area contributed by atoms with Crippen molar-refractivity contribution in [3.63, 3.8) is 0 Å². The van der Waals surface area contributed by atoms with E-state index in [4.69, 9.17) is 5.11 Å². The fourth-order valence-electron chi connectivity index (χ4n) is 2.03. The molecule has 5 heteroatoms. The van der Waals surface area contributed by atoms with Crippen LogP contribution in [0, 0.1) is 12.7 Å². The van der Waals surface area contributed by atoms with Crippen LogP contribution in [-0.2, 0) is 11.2 Å². The van der Waals surface area contributed by atoms with E-state index in [0.29, 0.717) is 11.1 Å². The molecule has 0 unspecified atom stereocenters. The van der Waals surface area contributed by atoms with Crippen molar-refractivity contribution >= 4 is 17.6 Å². The molecule has 2 aromatic carbocycles. The standard InChI is InChI=1S/C16H14FNO3/c1-10-4-2-7-13(16(20)21)15(10)18-14(19)9-11-5-3-6-12(17)8-11/h2-8H,9H2,1H3,(H,18,19)(H,20,21). The second-order valence-electron chi connectivity index (χ2n) is 4.66. The van der Waals surface area contributed by atoms with Crippen LogP contribution in [0.15, 0.2) is 42.5 Å². The summed E-state index contributed by atoms with van der Waals surface area (Å²) in [6.45, 7) is 1.71. The van der Waals surface area contributed by atoms with E-state index >= 15 is 0 Å². The Hall–Kier alpha value is -2.69. The second kappa shape index (κ2) is 6.17. The highest BCUT2D eigenvalue weighted by Crippen LogP contribution is 2.21. The van der Waals surface area contributed by atoms with Crippen molar-refractivity contribution in [2.75, 3.05) is 5.32 Å². The van der Waals surface area contributed by atoms with Crippen LogP contribution in [-0.4, -0.2) is 17.0 Å². The van der Waals surface area contributed by atoms with E-state index < -0.39 is 17.7 Å². The van der Waals surface area contributed by atoms with Gasteiger partial charge in [-0.3, -0.25) is 4.79 Å². The van der Waals surface area contributed by atoms with Gasteiger partial charge in [-0.25, -0.2) is 9.18 Å². The Balaban J connectivity index is 2.18. The number of amides is 1. The number of hydrogen-bond acceptors (Lipinski definition) is 2. The topological polar surface area (TPSA) is 66.4 Å². The highest BCUT2D eigenvalue weighted by atomic mass is 19.1. The van der Waals surface area contributed by atoms with E-state index in [2.05, 4.69) is 5.32 Å². The normalized spacial score (nSPS) is 10.2. The molecule has 0 aromatic heterocycles. The van der Waals surface area contributed by atoms with Gasteiger partial charge in [0.05, 0.1) is 17.7 Å². The molecule has 0 aliphatic carbocycles. The summed E-state index contributed by atoms with van der Waals surface area (Å²) in [6, 6.07) is 10.5. The highest BCUT2D eigenvalue weighted by Gasteiger charge is 2.14. The fraction of sp³-hybridized carbons (Fsp3) is 0.125. The molecule has 0 atom stereocenters. The molecule has 0 spiro atoms. The van der Waals surface area contributed by atoms with E-state index in [9.17, 15) is 14.0 Å². The summed E-state index contributed by atoms with van der Waals surface area (Å²) < 4.78 is 13.1. The van der Waals surface area contributed by atoms with Gasteiger partial charge < -0.3 is 10.4 Å². The number of aryl methyl sites for hydroxylation is 1. The molecule has 108 valence electrons. The molecule has 0 saturated heterocycles. The van der Waals surface area contributed by atoms with Crippen LogP contribution < -0.4 is 5.32 Å². The van der Waals surface area contributed by atoms with Crippen LogP contribution in [0.25, 0.3) is 0 Å². The summed E-state index contributed by atoms with van der Waals surface area (Å²) in [6.07, 6.45) is -0.0227. The molecule has 0 heterocycles. The van der Waals surface area contributed by atoms with Gasteiger partial charge in [-0.2, -0.15) is 0 Å². The Bertz CT molecular complexity index is 698. The summed E-state index contributed by atoms with van der Waals surface area (Å²) in [7, 11) is 0. The van der Waals surface area contributed by atoms with Gasteiger partial charge >= 0.3 is 5.97 Å². The molecule has 2 rings (SSSR count). The number of para-hydroxylation sites is 1. The lowest BCUT2D eigenvalue weighted by molar-refractivity contribution is -0.115. The van der Waals surface area contributed by atoms with E-state index in [0.717, 1.165) is 0 Å². The molecule has 4 nitrogen and oxygen atoms in total. The number of carbonyl (C=O) groups is 2. The minimum atomic E-state index is -1.11. The number of benzene rings is 2. The highest BCUT2D eigenvalue weighted by molar-refractivity contribution is 6.01. The van der Waals surface area contributed by atoms with Gasteiger partial charge in [-0.1, -0.05) is 24.3 Å². The lowest BCUT2D eigenvalue weighted by atomic mass is 10.1. The van der Waals surface area contributed by atoms with Crippen molar-refractivity contribution < 1.29 is 19.1 Å². The summed E-state index contributed by atoms with van der Waals surface area (Å²) in [4.78, 5) is 23.2. The number of rotatable bonds is 4. The Labute approximate surface area is 121 Å². The first kappa shape index (κ1) is 14.7. The van der Waals surface area contributed by atoms with Crippen molar-refractivity contribution in [2.24, 2.45) is 0 Å². The van der Waals surface area contributed by atoms with E-state index in [1.807, 2.05) is 0 Å². The van der Waals surface area contributed by atoms with Gasteiger partial charge in [0.1, 0.15) is 5.82 Å². The number of aromatic carboxylic acids is 1. The first-order valence-electron chi connectivity index (χ1n) is 6.34. The summed E-state index contributed by atoms with van der Waals surface area (Å²) in [5, 5.41) is 11.7. The minimum absolute atomic E-state index is 0.0227. The van der Waals surface area contributed by atoms with Crippen molar-refractivity contribution in [2.45, 2.75) is 13.3 Å².